The lowest BCUT2D eigenvalue weighted by molar-refractivity contribution is 0.249. The number of benzene rings is 1. The first kappa shape index (κ1) is 16.4. The molecule has 0 radical (unpaired) electrons. The van der Waals surface area contributed by atoms with E-state index in [9.17, 15) is 0 Å². The highest BCUT2D eigenvalue weighted by atomic mass is 127. The Morgan fingerprint density at radius 2 is 1.65 bits per heavy atom. The van der Waals surface area contributed by atoms with Gasteiger partial charge in [0.1, 0.15) is 0 Å². The van der Waals surface area contributed by atoms with Crippen LogP contribution in [0.25, 0.3) is 5.65 Å². The Balaban J connectivity index is 1.32. The molecule has 1 spiro atoms. The first-order chi connectivity index (χ1) is 12.7. The maximum absolute atomic E-state index is 4.71. The Bertz CT molecular complexity index is 914. The van der Waals surface area contributed by atoms with Gasteiger partial charge in [-0.05, 0) is 59.4 Å². The predicted octanol–water partition coefficient (Wildman–Crippen LogP) is 3.83. The number of rotatable bonds is 2. The van der Waals surface area contributed by atoms with E-state index < -0.39 is 0 Å². The number of para-hydroxylation sites is 1. The Hall–Kier alpha value is -1.83. The quantitative estimate of drug-likeness (QED) is 0.546. The average molecular weight is 459 g/mol. The number of hydrogen-bond donors (Lipinski definition) is 0. The third-order valence-corrected chi connectivity index (χ3v) is 6.79. The molecule has 2 aliphatic heterocycles. The summed E-state index contributed by atoms with van der Waals surface area (Å²) in [5.41, 5.74) is 2.84. The minimum absolute atomic E-state index is 0.462. The summed E-state index contributed by atoms with van der Waals surface area (Å²) >= 11 is 2.31. The maximum atomic E-state index is 4.71. The van der Waals surface area contributed by atoms with Gasteiger partial charge in [-0.25, -0.2) is 9.97 Å². The van der Waals surface area contributed by atoms with Crippen molar-refractivity contribution in [2.75, 3.05) is 36.0 Å². The van der Waals surface area contributed by atoms with Crippen molar-refractivity contribution in [3.63, 3.8) is 0 Å². The van der Waals surface area contributed by atoms with Crippen molar-refractivity contribution >= 4 is 39.9 Å². The zero-order valence-corrected chi connectivity index (χ0v) is 16.8. The molecule has 2 aliphatic rings. The van der Waals surface area contributed by atoms with Crippen molar-refractivity contribution < 1.29 is 0 Å². The van der Waals surface area contributed by atoms with Crippen LogP contribution in [0.4, 0.5) is 11.6 Å². The van der Waals surface area contributed by atoms with Gasteiger partial charge in [0.05, 0.1) is 3.57 Å². The van der Waals surface area contributed by atoms with Crippen LogP contribution in [0.3, 0.4) is 0 Å². The summed E-state index contributed by atoms with van der Waals surface area (Å²) in [6.07, 6.45) is 9.60. The van der Waals surface area contributed by atoms with Gasteiger partial charge in [-0.2, -0.15) is 0 Å². The van der Waals surface area contributed by atoms with Crippen LogP contribution in [-0.2, 0) is 0 Å². The predicted molar refractivity (Wildman–Crippen MR) is 113 cm³/mol. The molecule has 0 bridgehead atoms. The van der Waals surface area contributed by atoms with Gasteiger partial charge in [0, 0.05) is 50.5 Å². The highest BCUT2D eigenvalue weighted by Crippen LogP contribution is 2.42. The number of aromatic nitrogens is 3. The van der Waals surface area contributed by atoms with Crippen LogP contribution >= 0.6 is 22.6 Å². The molecule has 134 valence electrons. The summed E-state index contributed by atoms with van der Waals surface area (Å²) in [6.45, 7) is 4.51. The zero-order valence-electron chi connectivity index (χ0n) is 14.7. The first-order valence-corrected chi connectivity index (χ1v) is 10.3. The smallest absolute Gasteiger partial charge is 0.211 e. The second-order valence-electron chi connectivity index (χ2n) is 7.52. The summed E-state index contributed by atoms with van der Waals surface area (Å²) < 4.78 is 3.23. The fourth-order valence-corrected chi connectivity index (χ4v) is 5.03. The van der Waals surface area contributed by atoms with Crippen LogP contribution in [0.15, 0.2) is 48.9 Å². The lowest BCUT2D eigenvalue weighted by atomic mass is 9.78. The molecule has 1 aromatic carbocycles. The Labute approximate surface area is 167 Å². The van der Waals surface area contributed by atoms with Gasteiger partial charge in [-0.3, -0.25) is 4.40 Å². The van der Waals surface area contributed by atoms with Gasteiger partial charge in [-0.1, -0.05) is 18.2 Å². The lowest BCUT2D eigenvalue weighted by Gasteiger charge is -2.40. The molecule has 0 atom stereocenters. The molecular formula is C20H22IN5. The summed E-state index contributed by atoms with van der Waals surface area (Å²) in [5, 5.41) is 0. The molecule has 3 aromatic rings. The van der Waals surface area contributed by atoms with E-state index in [-0.39, 0.29) is 0 Å². The second-order valence-corrected chi connectivity index (χ2v) is 8.68. The van der Waals surface area contributed by atoms with Gasteiger partial charge in [0.2, 0.25) is 5.95 Å². The van der Waals surface area contributed by atoms with Crippen LogP contribution in [-0.4, -0.2) is 40.5 Å². The second kappa shape index (κ2) is 6.40. The monoisotopic (exact) mass is 459 g/mol. The van der Waals surface area contributed by atoms with Crippen molar-refractivity contribution in [3.05, 3.63) is 52.5 Å². The molecule has 4 heterocycles. The third kappa shape index (κ3) is 2.74. The number of imidazole rings is 1. The van der Waals surface area contributed by atoms with Crippen molar-refractivity contribution in [3.8, 4) is 0 Å². The third-order valence-electron chi connectivity index (χ3n) is 6.03. The van der Waals surface area contributed by atoms with Crippen LogP contribution in [0.5, 0.6) is 0 Å². The SMILES string of the molecule is Ic1cnc(N2CCC3(CCN(c4ccccc4)C3)CC2)n2ccnc12. The van der Waals surface area contributed by atoms with E-state index in [0.29, 0.717) is 5.41 Å². The van der Waals surface area contributed by atoms with E-state index in [2.05, 4.69) is 72.1 Å². The van der Waals surface area contributed by atoms with Gasteiger partial charge in [0.25, 0.3) is 0 Å². The summed E-state index contributed by atoms with van der Waals surface area (Å²) in [6, 6.07) is 10.8. The van der Waals surface area contributed by atoms with E-state index in [1.54, 1.807) is 0 Å². The van der Waals surface area contributed by atoms with E-state index >= 15 is 0 Å². The Morgan fingerprint density at radius 1 is 0.923 bits per heavy atom. The van der Waals surface area contributed by atoms with Gasteiger partial charge in [-0.15, -0.1) is 0 Å². The maximum Gasteiger partial charge on any atom is 0.211 e. The standard InChI is InChI=1S/C20H22IN5/c21-17-14-23-19(26-13-9-22-18(17)26)24-10-6-20(7-11-24)8-12-25(15-20)16-4-2-1-3-5-16/h1-5,9,13-14H,6-8,10-12,15H2. The minimum Gasteiger partial charge on any atom is -0.371 e. The lowest BCUT2D eigenvalue weighted by Crippen LogP contribution is -2.42. The molecule has 5 rings (SSSR count). The number of fused-ring (bicyclic) bond motifs is 1. The average Bonchev–Trinajstić information content (AvgIpc) is 3.33. The summed E-state index contributed by atoms with van der Waals surface area (Å²) in [5.74, 6) is 1.03. The number of anilines is 2. The van der Waals surface area contributed by atoms with Gasteiger partial charge in [0.15, 0.2) is 5.65 Å². The number of nitrogens with zero attached hydrogens (tertiary/aromatic N) is 5. The molecule has 26 heavy (non-hydrogen) atoms. The Morgan fingerprint density at radius 3 is 2.42 bits per heavy atom. The molecule has 0 unspecified atom stereocenters. The van der Waals surface area contributed by atoms with Crippen LogP contribution in [0.1, 0.15) is 19.3 Å². The molecular weight excluding hydrogens is 437 g/mol. The fraction of sp³-hybridized carbons (Fsp3) is 0.400. The van der Waals surface area contributed by atoms with Crippen molar-refractivity contribution in [2.24, 2.45) is 5.41 Å². The number of piperidine rings is 1. The van der Waals surface area contributed by atoms with Crippen molar-refractivity contribution in [2.45, 2.75) is 19.3 Å². The fourth-order valence-electron chi connectivity index (χ4n) is 4.49. The summed E-state index contributed by atoms with van der Waals surface area (Å²) in [4.78, 5) is 14.2. The van der Waals surface area contributed by atoms with Crippen LogP contribution in [0, 0.1) is 8.99 Å². The molecule has 2 fully saturated rings. The molecule has 0 amide bonds. The molecule has 0 saturated carbocycles. The molecule has 2 aromatic heterocycles. The van der Waals surface area contributed by atoms with E-state index in [0.717, 1.165) is 28.3 Å². The van der Waals surface area contributed by atoms with Gasteiger partial charge < -0.3 is 9.80 Å². The molecule has 0 aliphatic carbocycles. The van der Waals surface area contributed by atoms with E-state index in [1.165, 1.54) is 38.0 Å². The zero-order chi connectivity index (χ0) is 17.6. The number of hydrogen-bond acceptors (Lipinski definition) is 4. The van der Waals surface area contributed by atoms with Crippen molar-refractivity contribution in [1.29, 1.82) is 0 Å². The van der Waals surface area contributed by atoms with Crippen LogP contribution in [0.2, 0.25) is 0 Å². The largest absolute Gasteiger partial charge is 0.371 e. The summed E-state index contributed by atoms with van der Waals surface area (Å²) in [7, 11) is 0. The normalized spacial score (nSPS) is 19.6. The molecule has 5 nitrogen and oxygen atoms in total. The molecule has 6 heteroatoms. The van der Waals surface area contributed by atoms with Gasteiger partial charge >= 0.3 is 0 Å². The van der Waals surface area contributed by atoms with Crippen LogP contribution < -0.4 is 9.80 Å². The molecule has 2 saturated heterocycles. The van der Waals surface area contributed by atoms with E-state index in [1.807, 2.05) is 18.6 Å². The first-order valence-electron chi connectivity index (χ1n) is 9.27. The highest BCUT2D eigenvalue weighted by Gasteiger charge is 2.41. The topological polar surface area (TPSA) is 36.7 Å². The van der Waals surface area contributed by atoms with E-state index in [4.69, 9.17) is 4.98 Å². The minimum atomic E-state index is 0.462. The molecule has 0 N–H and O–H groups in total. The highest BCUT2D eigenvalue weighted by molar-refractivity contribution is 14.1. The van der Waals surface area contributed by atoms with Crippen molar-refractivity contribution in [1.82, 2.24) is 14.4 Å². The number of halogens is 1. The Kier molecular flexibility index (Phi) is 4.03.